The minimum absolute atomic E-state index is 0.127. The van der Waals surface area contributed by atoms with Crippen molar-refractivity contribution in [1.82, 2.24) is 10.6 Å². The van der Waals surface area contributed by atoms with Crippen LogP contribution in [0.5, 0.6) is 0 Å². The summed E-state index contributed by atoms with van der Waals surface area (Å²) in [5, 5.41) is 6.62. The van der Waals surface area contributed by atoms with E-state index in [1.807, 2.05) is 0 Å². The first-order valence-electron chi connectivity index (χ1n) is 8.95. The van der Waals surface area contributed by atoms with Crippen LogP contribution in [0, 0.1) is 5.92 Å². The van der Waals surface area contributed by atoms with Crippen LogP contribution in [-0.2, 0) is 16.0 Å². The van der Waals surface area contributed by atoms with E-state index in [1.54, 1.807) is 0 Å². The van der Waals surface area contributed by atoms with Crippen molar-refractivity contribution in [2.45, 2.75) is 50.6 Å². The van der Waals surface area contributed by atoms with Crippen molar-refractivity contribution in [2.24, 2.45) is 5.92 Å². The Kier molecular flexibility index (Phi) is 6.06. The van der Waals surface area contributed by atoms with Gasteiger partial charge in [-0.15, -0.1) is 0 Å². The predicted molar refractivity (Wildman–Crippen MR) is 91.3 cm³/mol. The van der Waals surface area contributed by atoms with E-state index in [0.29, 0.717) is 24.5 Å². The molecule has 1 aromatic rings. The molecule has 1 saturated carbocycles. The van der Waals surface area contributed by atoms with Gasteiger partial charge in [0.2, 0.25) is 5.91 Å². The number of nitrogens with one attached hydrogen (secondary N) is 2. The van der Waals surface area contributed by atoms with E-state index < -0.39 is 0 Å². The molecular weight excluding hydrogens is 288 g/mol. The third-order valence-corrected chi connectivity index (χ3v) is 5.11. The van der Waals surface area contributed by atoms with Crippen LogP contribution < -0.4 is 10.6 Å². The number of hydrogen-bond acceptors (Lipinski definition) is 3. The number of benzene rings is 1. The molecule has 3 rings (SSSR count). The lowest BCUT2D eigenvalue weighted by molar-refractivity contribution is -0.121. The van der Waals surface area contributed by atoms with Gasteiger partial charge in [0.1, 0.15) is 0 Å². The maximum absolute atomic E-state index is 12.1. The largest absolute Gasteiger partial charge is 0.381 e. The average Bonchev–Trinajstić information content (AvgIpc) is 3.02. The van der Waals surface area contributed by atoms with Crippen LogP contribution in [0.3, 0.4) is 0 Å². The van der Waals surface area contributed by atoms with Crippen molar-refractivity contribution < 1.29 is 9.53 Å². The van der Waals surface area contributed by atoms with Crippen molar-refractivity contribution in [3.05, 3.63) is 35.9 Å². The minimum atomic E-state index is 0.127. The molecule has 2 fully saturated rings. The van der Waals surface area contributed by atoms with Crippen LogP contribution in [-0.4, -0.2) is 37.7 Å². The van der Waals surface area contributed by atoms with Crippen LogP contribution in [0.25, 0.3) is 0 Å². The van der Waals surface area contributed by atoms with E-state index in [4.69, 9.17) is 4.74 Å². The first-order valence-corrected chi connectivity index (χ1v) is 8.95. The molecule has 0 spiro atoms. The van der Waals surface area contributed by atoms with Gasteiger partial charge in [0.25, 0.3) is 0 Å². The van der Waals surface area contributed by atoms with Gasteiger partial charge >= 0.3 is 0 Å². The number of carbonyl (C=O) groups excluding carboxylic acids is 1. The summed E-state index contributed by atoms with van der Waals surface area (Å²) in [4.78, 5) is 12.1. The molecule has 2 N–H and O–H groups in total. The van der Waals surface area contributed by atoms with E-state index in [2.05, 4.69) is 41.0 Å². The molecule has 1 amide bonds. The van der Waals surface area contributed by atoms with Crippen molar-refractivity contribution in [2.75, 3.05) is 19.8 Å². The van der Waals surface area contributed by atoms with Crippen LogP contribution in [0.2, 0.25) is 0 Å². The molecule has 1 aliphatic heterocycles. The number of hydrogen-bond donors (Lipinski definition) is 2. The van der Waals surface area contributed by atoms with Gasteiger partial charge in [0, 0.05) is 25.3 Å². The highest BCUT2D eigenvalue weighted by Gasteiger charge is 2.27. The molecule has 1 aromatic carbocycles. The Bertz CT molecular complexity index is 485. The molecule has 0 aromatic heterocycles. The van der Waals surface area contributed by atoms with Gasteiger partial charge in [-0.25, -0.2) is 0 Å². The Morgan fingerprint density at radius 1 is 1.09 bits per heavy atom. The molecule has 4 heteroatoms. The molecule has 0 radical (unpaired) electrons. The summed E-state index contributed by atoms with van der Waals surface area (Å²) < 4.78 is 5.33. The van der Waals surface area contributed by atoms with E-state index in [-0.39, 0.29) is 5.91 Å². The van der Waals surface area contributed by atoms with E-state index in [9.17, 15) is 4.79 Å². The van der Waals surface area contributed by atoms with Gasteiger partial charge in [0.05, 0.1) is 6.54 Å². The van der Waals surface area contributed by atoms with Gasteiger partial charge < -0.3 is 15.4 Å². The Morgan fingerprint density at radius 2 is 1.87 bits per heavy atom. The molecule has 23 heavy (non-hydrogen) atoms. The Labute approximate surface area is 139 Å². The van der Waals surface area contributed by atoms with Gasteiger partial charge in [0.15, 0.2) is 0 Å². The fourth-order valence-corrected chi connectivity index (χ4v) is 3.81. The number of rotatable bonds is 6. The fraction of sp³-hybridized carbons (Fsp3) is 0.632. The molecule has 1 saturated heterocycles. The molecule has 2 aliphatic rings. The monoisotopic (exact) mass is 316 g/mol. The number of amides is 1. The zero-order valence-corrected chi connectivity index (χ0v) is 13.8. The highest BCUT2D eigenvalue weighted by Crippen LogP contribution is 2.28. The highest BCUT2D eigenvalue weighted by atomic mass is 16.5. The van der Waals surface area contributed by atoms with Crippen molar-refractivity contribution in [3.63, 3.8) is 0 Å². The summed E-state index contributed by atoms with van der Waals surface area (Å²) in [5.41, 5.74) is 1.40. The lowest BCUT2D eigenvalue weighted by Crippen LogP contribution is -2.45. The van der Waals surface area contributed by atoms with Gasteiger partial charge in [-0.3, -0.25) is 4.79 Å². The second-order valence-corrected chi connectivity index (χ2v) is 6.82. The molecule has 2 atom stereocenters. The van der Waals surface area contributed by atoms with Crippen LogP contribution in [0.15, 0.2) is 30.3 Å². The van der Waals surface area contributed by atoms with Gasteiger partial charge in [-0.05, 0) is 43.6 Å². The van der Waals surface area contributed by atoms with Crippen molar-refractivity contribution in [3.8, 4) is 0 Å². The predicted octanol–water partition coefficient (Wildman–Crippen LogP) is 2.28. The standard InChI is InChI=1S/C19H28N2O2/c22-19(21-17-9-11-23-12-10-17)14-20-18-8-4-7-16(18)13-15-5-2-1-3-6-15/h1-3,5-6,16-18,20H,4,7-14H2,(H,21,22)/t16-,18+/m1/s1. The molecule has 0 unspecified atom stereocenters. The maximum atomic E-state index is 12.1. The summed E-state index contributed by atoms with van der Waals surface area (Å²) in [6.07, 6.45) is 6.69. The third-order valence-electron chi connectivity index (χ3n) is 5.11. The highest BCUT2D eigenvalue weighted by molar-refractivity contribution is 5.78. The van der Waals surface area contributed by atoms with Crippen molar-refractivity contribution >= 4 is 5.91 Å². The summed E-state index contributed by atoms with van der Waals surface area (Å²) in [7, 11) is 0. The summed E-state index contributed by atoms with van der Waals surface area (Å²) in [5.74, 6) is 0.774. The van der Waals surface area contributed by atoms with E-state index >= 15 is 0 Å². The third kappa shape index (κ3) is 5.05. The van der Waals surface area contributed by atoms with E-state index in [0.717, 1.165) is 32.5 Å². The molecular formula is C19H28N2O2. The van der Waals surface area contributed by atoms with Gasteiger partial charge in [-0.2, -0.15) is 0 Å². The zero-order valence-electron chi connectivity index (χ0n) is 13.8. The van der Waals surface area contributed by atoms with Crippen LogP contribution in [0.4, 0.5) is 0 Å². The molecule has 4 nitrogen and oxygen atoms in total. The molecule has 126 valence electrons. The quantitative estimate of drug-likeness (QED) is 0.846. The number of carbonyl (C=O) groups is 1. The topological polar surface area (TPSA) is 50.4 Å². The average molecular weight is 316 g/mol. The first-order chi connectivity index (χ1) is 11.3. The fourth-order valence-electron chi connectivity index (χ4n) is 3.81. The minimum Gasteiger partial charge on any atom is -0.381 e. The molecule has 0 bridgehead atoms. The van der Waals surface area contributed by atoms with Gasteiger partial charge in [-0.1, -0.05) is 36.8 Å². The smallest absolute Gasteiger partial charge is 0.234 e. The number of ether oxygens (including phenoxy) is 1. The maximum Gasteiger partial charge on any atom is 0.234 e. The zero-order chi connectivity index (χ0) is 15.9. The van der Waals surface area contributed by atoms with Crippen LogP contribution in [0.1, 0.15) is 37.7 Å². The van der Waals surface area contributed by atoms with E-state index in [1.165, 1.54) is 24.8 Å². The second-order valence-electron chi connectivity index (χ2n) is 6.82. The lowest BCUT2D eigenvalue weighted by Gasteiger charge is -2.25. The Morgan fingerprint density at radius 3 is 2.65 bits per heavy atom. The Balaban J connectivity index is 1.42. The normalized spacial score (nSPS) is 25.4. The summed E-state index contributed by atoms with van der Waals surface area (Å²) in [6, 6.07) is 11.4. The summed E-state index contributed by atoms with van der Waals surface area (Å²) in [6.45, 7) is 1.97. The van der Waals surface area contributed by atoms with Crippen LogP contribution >= 0.6 is 0 Å². The SMILES string of the molecule is O=C(CN[C@H]1CCC[C@@H]1Cc1ccccc1)NC1CCOCC1. The molecule has 1 aliphatic carbocycles. The Hall–Kier alpha value is -1.39. The van der Waals surface area contributed by atoms with Crippen molar-refractivity contribution in [1.29, 1.82) is 0 Å². The summed E-state index contributed by atoms with van der Waals surface area (Å²) >= 11 is 0. The molecule has 1 heterocycles. The lowest BCUT2D eigenvalue weighted by atomic mass is 9.94. The second kappa shape index (κ2) is 8.46. The first kappa shape index (κ1) is 16.5.